The fourth-order valence-electron chi connectivity index (χ4n) is 3.20. The van der Waals surface area contributed by atoms with E-state index in [1.165, 1.54) is 0 Å². The van der Waals surface area contributed by atoms with Crippen molar-refractivity contribution < 1.29 is 9.59 Å². The van der Waals surface area contributed by atoms with Gasteiger partial charge < -0.3 is 10.6 Å². The van der Waals surface area contributed by atoms with Gasteiger partial charge in [0.05, 0.1) is 11.3 Å². The second-order valence-electron chi connectivity index (χ2n) is 6.93. The first-order valence-electron chi connectivity index (χ1n) is 9.21. The molecule has 3 aromatic rings. The Morgan fingerprint density at radius 2 is 2.14 bits per heavy atom. The number of rotatable bonds is 5. The number of thiophene rings is 1. The summed E-state index contributed by atoms with van der Waals surface area (Å²) >= 11 is 7.47. The maximum atomic E-state index is 12.6. The molecular formula is C20H20ClN5O2S. The molecule has 0 bridgehead atoms. The lowest BCUT2D eigenvalue weighted by Gasteiger charge is -2.30. The highest BCUT2D eigenvalue weighted by atomic mass is 35.5. The monoisotopic (exact) mass is 429 g/mol. The molecule has 2 amide bonds. The highest BCUT2D eigenvalue weighted by Gasteiger charge is 2.27. The minimum atomic E-state index is -0.536. The second-order valence-corrected chi connectivity index (χ2v) is 8.31. The molecular weight excluding hydrogens is 410 g/mol. The molecule has 29 heavy (non-hydrogen) atoms. The minimum absolute atomic E-state index is 0.000701. The van der Waals surface area contributed by atoms with Crippen molar-refractivity contribution in [3.63, 3.8) is 0 Å². The number of halogens is 1. The maximum Gasteiger partial charge on any atom is 0.229 e. The summed E-state index contributed by atoms with van der Waals surface area (Å²) in [5, 5.41) is 16.3. The molecule has 0 saturated carbocycles. The molecule has 3 N–H and O–H groups in total. The molecule has 4 rings (SSSR count). The Morgan fingerprint density at radius 1 is 1.34 bits per heavy atom. The van der Waals surface area contributed by atoms with Gasteiger partial charge in [-0.25, -0.2) is 4.68 Å². The quantitative estimate of drug-likeness (QED) is 0.580. The van der Waals surface area contributed by atoms with Crippen LogP contribution >= 0.6 is 22.9 Å². The standard InChI is InChI=1S/C20H20ClN5O2S/c1-12-9-18(27)24-20(22-12)26-17(11-15(25-26)16-3-2-8-29-16)23-19(28)10-13-4-6-14(21)7-5-13/h2-8,11-12,20,22H,9-10H2,1H3,(H,23,28)(H,24,27). The Hall–Kier alpha value is -2.68. The van der Waals surface area contributed by atoms with E-state index in [0.29, 0.717) is 17.3 Å². The van der Waals surface area contributed by atoms with Crippen LogP contribution in [0.5, 0.6) is 0 Å². The fraction of sp³-hybridized carbons (Fsp3) is 0.250. The van der Waals surface area contributed by atoms with Gasteiger partial charge in [-0.2, -0.15) is 5.10 Å². The number of hydrogen-bond donors (Lipinski definition) is 3. The second kappa shape index (κ2) is 8.36. The maximum absolute atomic E-state index is 12.6. The number of nitrogens with one attached hydrogen (secondary N) is 3. The van der Waals surface area contributed by atoms with Crippen molar-refractivity contribution in [3.05, 3.63) is 58.4 Å². The van der Waals surface area contributed by atoms with Gasteiger partial charge in [0.1, 0.15) is 11.5 Å². The van der Waals surface area contributed by atoms with Crippen molar-refractivity contribution in [2.75, 3.05) is 5.32 Å². The molecule has 2 atom stereocenters. The van der Waals surface area contributed by atoms with E-state index in [9.17, 15) is 9.59 Å². The Balaban J connectivity index is 1.59. The molecule has 9 heteroatoms. The van der Waals surface area contributed by atoms with Crippen molar-refractivity contribution in [2.45, 2.75) is 32.1 Å². The molecule has 3 heterocycles. The van der Waals surface area contributed by atoms with Crippen LogP contribution < -0.4 is 16.0 Å². The molecule has 0 radical (unpaired) electrons. The Bertz CT molecular complexity index is 1020. The highest BCUT2D eigenvalue weighted by Crippen LogP contribution is 2.28. The summed E-state index contributed by atoms with van der Waals surface area (Å²) in [4.78, 5) is 25.6. The lowest BCUT2D eigenvalue weighted by molar-refractivity contribution is -0.125. The average Bonchev–Trinajstić information content (AvgIpc) is 3.32. The Kier molecular flexibility index (Phi) is 5.66. The number of carbonyl (C=O) groups excluding carboxylic acids is 2. The fourth-order valence-corrected chi connectivity index (χ4v) is 4.00. The zero-order valence-electron chi connectivity index (χ0n) is 15.7. The number of amides is 2. The van der Waals surface area contributed by atoms with Gasteiger partial charge in [-0.05, 0) is 36.1 Å². The van der Waals surface area contributed by atoms with E-state index in [-0.39, 0.29) is 24.3 Å². The van der Waals surface area contributed by atoms with E-state index >= 15 is 0 Å². The van der Waals surface area contributed by atoms with E-state index in [1.807, 2.05) is 42.6 Å². The first-order chi connectivity index (χ1) is 14.0. The third-order valence-electron chi connectivity index (χ3n) is 4.53. The van der Waals surface area contributed by atoms with Crippen LogP contribution in [0.15, 0.2) is 47.8 Å². The summed E-state index contributed by atoms with van der Waals surface area (Å²) in [6, 6.07) is 12.9. The van der Waals surface area contributed by atoms with E-state index in [1.54, 1.807) is 28.2 Å². The van der Waals surface area contributed by atoms with E-state index in [0.717, 1.165) is 16.1 Å². The van der Waals surface area contributed by atoms with Crippen molar-refractivity contribution in [2.24, 2.45) is 0 Å². The zero-order chi connectivity index (χ0) is 20.4. The summed E-state index contributed by atoms with van der Waals surface area (Å²) in [7, 11) is 0. The van der Waals surface area contributed by atoms with Crippen LogP contribution in [0.25, 0.3) is 10.6 Å². The number of nitrogens with zero attached hydrogens (tertiary/aromatic N) is 2. The largest absolute Gasteiger partial charge is 0.322 e. The molecule has 1 aliphatic rings. The smallest absolute Gasteiger partial charge is 0.229 e. The van der Waals surface area contributed by atoms with Crippen LogP contribution in [-0.2, 0) is 16.0 Å². The van der Waals surface area contributed by atoms with Crippen LogP contribution in [0.4, 0.5) is 5.82 Å². The molecule has 0 spiro atoms. The van der Waals surface area contributed by atoms with Gasteiger partial charge in [-0.1, -0.05) is 29.8 Å². The van der Waals surface area contributed by atoms with Crippen LogP contribution in [0.1, 0.15) is 25.2 Å². The Morgan fingerprint density at radius 3 is 2.83 bits per heavy atom. The number of hydrogen-bond acceptors (Lipinski definition) is 5. The van der Waals surface area contributed by atoms with E-state index < -0.39 is 6.29 Å². The third-order valence-corrected chi connectivity index (χ3v) is 5.68. The Labute approximate surface area is 177 Å². The van der Waals surface area contributed by atoms with Crippen molar-refractivity contribution in [1.82, 2.24) is 20.4 Å². The van der Waals surface area contributed by atoms with E-state index in [2.05, 4.69) is 21.0 Å². The average molecular weight is 430 g/mol. The predicted molar refractivity (Wildman–Crippen MR) is 114 cm³/mol. The first kappa shape index (κ1) is 19.6. The SMILES string of the molecule is CC1CC(=O)NC(n2nc(-c3cccs3)cc2NC(=O)Cc2ccc(Cl)cc2)N1. The van der Waals surface area contributed by atoms with Gasteiger partial charge in [0, 0.05) is 23.6 Å². The topological polar surface area (TPSA) is 88.1 Å². The summed E-state index contributed by atoms with van der Waals surface area (Å²) in [5.74, 6) is 0.272. The number of aromatic nitrogens is 2. The molecule has 1 aromatic carbocycles. The lowest BCUT2D eigenvalue weighted by atomic mass is 10.1. The van der Waals surface area contributed by atoms with Gasteiger partial charge >= 0.3 is 0 Å². The van der Waals surface area contributed by atoms with Crippen LogP contribution in [0.3, 0.4) is 0 Å². The lowest BCUT2D eigenvalue weighted by Crippen LogP contribution is -2.52. The summed E-state index contributed by atoms with van der Waals surface area (Å²) in [5.41, 5.74) is 1.59. The minimum Gasteiger partial charge on any atom is -0.322 e. The van der Waals surface area contributed by atoms with Crippen molar-refractivity contribution in [3.8, 4) is 10.6 Å². The van der Waals surface area contributed by atoms with Crippen LogP contribution in [0.2, 0.25) is 5.02 Å². The number of anilines is 1. The molecule has 7 nitrogen and oxygen atoms in total. The van der Waals surface area contributed by atoms with Crippen LogP contribution in [-0.4, -0.2) is 27.6 Å². The molecule has 2 aromatic heterocycles. The van der Waals surface area contributed by atoms with Gasteiger partial charge in [-0.3, -0.25) is 14.9 Å². The molecule has 150 valence electrons. The van der Waals surface area contributed by atoms with Gasteiger partial charge in [0.2, 0.25) is 11.8 Å². The molecule has 1 fully saturated rings. The number of benzene rings is 1. The van der Waals surface area contributed by atoms with Crippen molar-refractivity contribution >= 4 is 40.6 Å². The first-order valence-corrected chi connectivity index (χ1v) is 10.5. The van der Waals surface area contributed by atoms with Gasteiger partial charge in [-0.15, -0.1) is 11.3 Å². The zero-order valence-corrected chi connectivity index (χ0v) is 17.3. The van der Waals surface area contributed by atoms with Crippen molar-refractivity contribution in [1.29, 1.82) is 0 Å². The summed E-state index contributed by atoms with van der Waals surface area (Å²) in [6.45, 7) is 1.94. The normalized spacial score (nSPS) is 19.0. The van der Waals surface area contributed by atoms with Gasteiger partial charge in [0.15, 0.2) is 6.29 Å². The predicted octanol–water partition coefficient (Wildman–Crippen LogP) is 3.40. The van der Waals surface area contributed by atoms with Gasteiger partial charge in [0.25, 0.3) is 0 Å². The molecule has 1 saturated heterocycles. The molecule has 2 unspecified atom stereocenters. The summed E-state index contributed by atoms with van der Waals surface area (Å²) < 4.78 is 1.61. The molecule has 1 aliphatic heterocycles. The summed E-state index contributed by atoms with van der Waals surface area (Å²) in [6.07, 6.45) is 0.0662. The highest BCUT2D eigenvalue weighted by molar-refractivity contribution is 7.13. The van der Waals surface area contributed by atoms with Crippen LogP contribution in [0, 0.1) is 0 Å². The molecule has 0 aliphatic carbocycles. The number of carbonyl (C=O) groups is 2. The van der Waals surface area contributed by atoms with E-state index in [4.69, 9.17) is 11.6 Å². The third kappa shape index (κ3) is 4.67.